The molecule has 0 saturated heterocycles. The fourth-order valence-corrected chi connectivity index (χ4v) is 2.70. The fraction of sp³-hybridized carbons (Fsp3) is 0.667. The highest BCUT2D eigenvalue weighted by molar-refractivity contribution is 7.89. The largest absolute Gasteiger partial charge is 0.383 e. The van der Waals surface area contributed by atoms with Crippen molar-refractivity contribution in [3.63, 3.8) is 0 Å². The molecule has 0 aromatic carbocycles. The van der Waals surface area contributed by atoms with E-state index in [1.807, 2.05) is 6.92 Å². The van der Waals surface area contributed by atoms with E-state index in [1.54, 1.807) is 0 Å². The van der Waals surface area contributed by atoms with Gasteiger partial charge in [0, 0.05) is 6.04 Å². The molecule has 92 valence electrons. The quantitative estimate of drug-likeness (QED) is 0.692. The lowest BCUT2D eigenvalue weighted by molar-refractivity contribution is 0.534. The Bertz CT molecular complexity index is 426. The second kappa shape index (κ2) is 5.31. The Hall–Kier alpha value is -1.08. The maximum absolute atomic E-state index is 11.8. The average Bonchev–Trinajstić information content (AvgIpc) is 2.61. The van der Waals surface area contributed by atoms with Crippen LogP contribution in [0.2, 0.25) is 0 Å². The van der Waals surface area contributed by atoms with Crippen molar-refractivity contribution in [1.29, 1.82) is 0 Å². The lowest BCUT2D eigenvalue weighted by atomic mass is 10.2. The Kier molecular flexibility index (Phi) is 4.31. The second-order valence-electron chi connectivity index (χ2n) is 3.81. The number of aromatic amines is 1. The van der Waals surface area contributed by atoms with Gasteiger partial charge < -0.3 is 5.73 Å². The van der Waals surface area contributed by atoms with Gasteiger partial charge >= 0.3 is 0 Å². The number of unbranched alkanes of at least 4 members (excludes halogenated alkanes) is 1. The molecule has 1 aromatic rings. The summed E-state index contributed by atoms with van der Waals surface area (Å²) in [5, 5.41) is 5.99. The van der Waals surface area contributed by atoms with Crippen LogP contribution in [-0.4, -0.2) is 24.7 Å². The number of sulfonamides is 1. The van der Waals surface area contributed by atoms with Gasteiger partial charge in [-0.3, -0.25) is 5.10 Å². The van der Waals surface area contributed by atoms with Crippen molar-refractivity contribution in [3.8, 4) is 0 Å². The number of H-pyrrole nitrogens is 1. The highest BCUT2D eigenvalue weighted by Crippen LogP contribution is 2.14. The molecule has 6 nitrogen and oxygen atoms in total. The van der Waals surface area contributed by atoms with Crippen LogP contribution in [0.3, 0.4) is 0 Å². The fourth-order valence-electron chi connectivity index (χ4n) is 1.40. The molecular weight excluding hydrogens is 228 g/mol. The molecule has 1 rings (SSSR count). The van der Waals surface area contributed by atoms with Gasteiger partial charge in [-0.15, -0.1) is 0 Å². The SMILES string of the molecule is CCCCC(C)NS(=O)(=O)c1cn[nH]c1N. The summed E-state index contributed by atoms with van der Waals surface area (Å²) >= 11 is 0. The van der Waals surface area contributed by atoms with E-state index in [-0.39, 0.29) is 16.8 Å². The summed E-state index contributed by atoms with van der Waals surface area (Å²) in [6.07, 6.45) is 4.06. The monoisotopic (exact) mass is 246 g/mol. The van der Waals surface area contributed by atoms with E-state index in [4.69, 9.17) is 5.73 Å². The minimum absolute atomic E-state index is 0.0100. The molecular formula is C9H18N4O2S. The molecule has 0 radical (unpaired) electrons. The highest BCUT2D eigenvalue weighted by Gasteiger charge is 2.21. The molecule has 1 unspecified atom stereocenters. The van der Waals surface area contributed by atoms with Gasteiger partial charge in [-0.1, -0.05) is 19.8 Å². The third kappa shape index (κ3) is 3.21. The number of nitrogen functional groups attached to an aromatic ring is 1. The minimum atomic E-state index is -3.55. The second-order valence-corrected chi connectivity index (χ2v) is 5.49. The number of hydrogen-bond acceptors (Lipinski definition) is 4. The predicted octanol–water partition coefficient (Wildman–Crippen LogP) is 0.849. The summed E-state index contributed by atoms with van der Waals surface area (Å²) in [5.74, 6) is 0.0650. The lowest BCUT2D eigenvalue weighted by Crippen LogP contribution is -2.32. The average molecular weight is 246 g/mol. The van der Waals surface area contributed by atoms with E-state index in [1.165, 1.54) is 6.20 Å². The number of hydrogen-bond donors (Lipinski definition) is 3. The Labute approximate surface area is 95.7 Å². The number of anilines is 1. The third-order valence-corrected chi connectivity index (χ3v) is 3.89. The van der Waals surface area contributed by atoms with Crippen LogP contribution in [0.1, 0.15) is 33.1 Å². The van der Waals surface area contributed by atoms with Crippen molar-refractivity contribution < 1.29 is 8.42 Å². The molecule has 0 spiro atoms. The van der Waals surface area contributed by atoms with E-state index in [2.05, 4.69) is 21.8 Å². The smallest absolute Gasteiger partial charge is 0.246 e. The van der Waals surface area contributed by atoms with E-state index in [0.29, 0.717) is 0 Å². The van der Waals surface area contributed by atoms with E-state index in [9.17, 15) is 8.42 Å². The molecule has 1 aromatic heterocycles. The van der Waals surface area contributed by atoms with Gasteiger partial charge in [0.1, 0.15) is 10.7 Å². The summed E-state index contributed by atoms with van der Waals surface area (Å²) in [7, 11) is -3.55. The Morgan fingerprint density at radius 1 is 1.62 bits per heavy atom. The van der Waals surface area contributed by atoms with Crippen molar-refractivity contribution in [3.05, 3.63) is 6.20 Å². The van der Waals surface area contributed by atoms with Crippen LogP contribution in [0.5, 0.6) is 0 Å². The maximum atomic E-state index is 11.8. The first kappa shape index (κ1) is 13.0. The summed E-state index contributed by atoms with van der Waals surface area (Å²) in [5.41, 5.74) is 5.47. The minimum Gasteiger partial charge on any atom is -0.383 e. The topological polar surface area (TPSA) is 101 Å². The van der Waals surface area contributed by atoms with Crippen LogP contribution < -0.4 is 10.5 Å². The number of nitrogens with two attached hydrogens (primary N) is 1. The number of aromatic nitrogens is 2. The predicted molar refractivity (Wildman–Crippen MR) is 62.3 cm³/mol. The van der Waals surface area contributed by atoms with Crippen molar-refractivity contribution in [1.82, 2.24) is 14.9 Å². The first-order chi connectivity index (χ1) is 7.47. The molecule has 4 N–H and O–H groups in total. The van der Waals surface area contributed by atoms with Crippen LogP contribution >= 0.6 is 0 Å². The Morgan fingerprint density at radius 3 is 2.81 bits per heavy atom. The standard InChI is InChI=1S/C9H18N4O2S/c1-3-4-5-7(2)13-16(14,15)8-6-11-12-9(8)10/h6-7,13H,3-5H2,1-2H3,(H3,10,11,12). The van der Waals surface area contributed by atoms with Gasteiger partial charge in [0.2, 0.25) is 10.0 Å². The zero-order valence-electron chi connectivity index (χ0n) is 9.53. The normalized spacial score (nSPS) is 13.9. The third-order valence-electron chi connectivity index (χ3n) is 2.27. The van der Waals surface area contributed by atoms with Gasteiger partial charge in [-0.2, -0.15) is 5.10 Å². The number of rotatable bonds is 6. The molecule has 0 fully saturated rings. The van der Waals surface area contributed by atoms with Crippen LogP contribution in [0.25, 0.3) is 0 Å². The summed E-state index contributed by atoms with van der Waals surface area (Å²) in [6, 6.07) is -0.0979. The molecule has 0 aliphatic carbocycles. The first-order valence-electron chi connectivity index (χ1n) is 5.28. The molecule has 0 bridgehead atoms. The van der Waals surface area contributed by atoms with Gasteiger partial charge in [0.05, 0.1) is 6.20 Å². The van der Waals surface area contributed by atoms with E-state index in [0.717, 1.165) is 19.3 Å². The van der Waals surface area contributed by atoms with Crippen LogP contribution in [-0.2, 0) is 10.0 Å². The first-order valence-corrected chi connectivity index (χ1v) is 6.77. The molecule has 7 heteroatoms. The number of nitrogens with one attached hydrogen (secondary N) is 2. The zero-order chi connectivity index (χ0) is 12.2. The molecule has 0 aliphatic heterocycles. The van der Waals surface area contributed by atoms with E-state index >= 15 is 0 Å². The summed E-state index contributed by atoms with van der Waals surface area (Å²) < 4.78 is 26.2. The molecule has 1 heterocycles. The Morgan fingerprint density at radius 2 is 2.31 bits per heavy atom. The molecule has 0 amide bonds. The van der Waals surface area contributed by atoms with Crippen molar-refractivity contribution >= 4 is 15.8 Å². The Balaban J connectivity index is 2.69. The zero-order valence-corrected chi connectivity index (χ0v) is 10.3. The van der Waals surface area contributed by atoms with Crippen LogP contribution in [0, 0.1) is 0 Å². The molecule has 1 atom stereocenters. The van der Waals surface area contributed by atoms with Crippen LogP contribution in [0.4, 0.5) is 5.82 Å². The highest BCUT2D eigenvalue weighted by atomic mass is 32.2. The van der Waals surface area contributed by atoms with Crippen molar-refractivity contribution in [2.75, 3.05) is 5.73 Å². The van der Waals surface area contributed by atoms with Gasteiger partial charge in [-0.25, -0.2) is 13.1 Å². The van der Waals surface area contributed by atoms with Gasteiger partial charge in [0.15, 0.2) is 0 Å². The van der Waals surface area contributed by atoms with Crippen LogP contribution in [0.15, 0.2) is 11.1 Å². The summed E-state index contributed by atoms with van der Waals surface area (Å²) in [4.78, 5) is 0.0100. The summed E-state index contributed by atoms with van der Waals surface area (Å²) in [6.45, 7) is 3.90. The van der Waals surface area contributed by atoms with E-state index < -0.39 is 10.0 Å². The number of nitrogens with zero attached hydrogens (tertiary/aromatic N) is 1. The van der Waals surface area contributed by atoms with Gasteiger partial charge in [0.25, 0.3) is 0 Å². The maximum Gasteiger partial charge on any atom is 0.246 e. The molecule has 0 saturated carbocycles. The lowest BCUT2D eigenvalue weighted by Gasteiger charge is -2.12. The van der Waals surface area contributed by atoms with Crippen molar-refractivity contribution in [2.45, 2.75) is 44.0 Å². The van der Waals surface area contributed by atoms with Gasteiger partial charge in [-0.05, 0) is 13.3 Å². The molecule has 0 aliphatic rings. The van der Waals surface area contributed by atoms with Crippen molar-refractivity contribution in [2.24, 2.45) is 0 Å². The molecule has 16 heavy (non-hydrogen) atoms.